The fourth-order valence-electron chi connectivity index (χ4n) is 3.36. The number of nitrogens with one attached hydrogen (secondary N) is 2. The number of anilines is 1. The molecule has 0 heterocycles. The third-order valence-corrected chi connectivity index (χ3v) is 4.91. The van der Waals surface area contributed by atoms with Crippen LogP contribution in [0, 0.1) is 0 Å². The van der Waals surface area contributed by atoms with Crippen LogP contribution >= 0.6 is 0 Å². The van der Waals surface area contributed by atoms with E-state index in [-0.39, 0.29) is 24.0 Å². The summed E-state index contributed by atoms with van der Waals surface area (Å²) in [6.07, 6.45) is 3.37. The van der Waals surface area contributed by atoms with Crippen molar-refractivity contribution in [1.29, 1.82) is 0 Å². The van der Waals surface area contributed by atoms with Crippen molar-refractivity contribution in [2.24, 2.45) is 5.73 Å². The number of hydrogen-bond acceptors (Lipinski definition) is 5. The molecule has 154 valence electrons. The SMILES string of the molecule is CCC(CC)O[C@@H]1C=C(C(=O)Nc2ccccc2OC)C[C@H](N)[C@H]1NC(C)=O. The molecule has 1 aliphatic rings. The van der Waals surface area contributed by atoms with Gasteiger partial charge in [0, 0.05) is 18.5 Å². The maximum Gasteiger partial charge on any atom is 0.251 e. The van der Waals surface area contributed by atoms with Crippen LogP contribution in [0.25, 0.3) is 0 Å². The van der Waals surface area contributed by atoms with Crippen LogP contribution < -0.4 is 21.1 Å². The number of hydrogen-bond donors (Lipinski definition) is 3. The van der Waals surface area contributed by atoms with E-state index in [1.165, 1.54) is 6.92 Å². The number of amides is 2. The average molecular weight is 389 g/mol. The molecule has 1 aromatic carbocycles. The Kier molecular flexibility index (Phi) is 8.02. The van der Waals surface area contributed by atoms with Crippen LogP contribution in [-0.2, 0) is 14.3 Å². The molecule has 0 aromatic heterocycles. The van der Waals surface area contributed by atoms with E-state index in [4.69, 9.17) is 15.2 Å². The van der Waals surface area contributed by atoms with Gasteiger partial charge in [0.25, 0.3) is 5.91 Å². The maximum absolute atomic E-state index is 12.8. The van der Waals surface area contributed by atoms with Crippen molar-refractivity contribution >= 4 is 17.5 Å². The zero-order chi connectivity index (χ0) is 20.7. The number of para-hydroxylation sites is 2. The lowest BCUT2D eigenvalue weighted by molar-refractivity contribution is -0.121. The van der Waals surface area contributed by atoms with Crippen LogP contribution in [-0.4, -0.2) is 43.2 Å². The summed E-state index contributed by atoms with van der Waals surface area (Å²) in [5.74, 6) is 0.158. The van der Waals surface area contributed by atoms with Gasteiger partial charge >= 0.3 is 0 Å². The predicted octanol–water partition coefficient (Wildman–Crippen LogP) is 2.37. The summed E-state index contributed by atoms with van der Waals surface area (Å²) < 4.78 is 11.5. The second kappa shape index (κ2) is 10.2. The second-order valence-electron chi connectivity index (χ2n) is 6.98. The monoisotopic (exact) mass is 389 g/mol. The molecule has 2 amide bonds. The predicted molar refractivity (Wildman–Crippen MR) is 109 cm³/mol. The quantitative estimate of drug-likeness (QED) is 0.633. The van der Waals surface area contributed by atoms with Crippen molar-refractivity contribution in [3.63, 3.8) is 0 Å². The Morgan fingerprint density at radius 3 is 2.54 bits per heavy atom. The van der Waals surface area contributed by atoms with E-state index >= 15 is 0 Å². The van der Waals surface area contributed by atoms with E-state index < -0.39 is 12.1 Å². The molecule has 0 unspecified atom stereocenters. The van der Waals surface area contributed by atoms with Crippen LogP contribution in [0.2, 0.25) is 0 Å². The van der Waals surface area contributed by atoms with Crippen molar-refractivity contribution < 1.29 is 19.1 Å². The normalized spacial score (nSPS) is 21.8. The first-order chi connectivity index (χ1) is 13.4. The largest absolute Gasteiger partial charge is 0.495 e. The minimum atomic E-state index is -0.462. The Hall–Kier alpha value is -2.38. The standard InChI is InChI=1S/C21H31N3O4/c1-5-15(6-2)28-19-12-14(11-16(22)20(19)23-13(3)25)21(26)24-17-9-7-8-10-18(17)27-4/h7-10,12,15-16,19-20H,5-6,11,22H2,1-4H3,(H,23,25)(H,24,26)/t16-,19+,20+/m0/s1. The van der Waals surface area contributed by atoms with E-state index in [9.17, 15) is 9.59 Å². The molecule has 0 bridgehead atoms. The van der Waals surface area contributed by atoms with Gasteiger partial charge in [0.2, 0.25) is 5.91 Å². The van der Waals surface area contributed by atoms with Gasteiger partial charge in [-0.1, -0.05) is 26.0 Å². The molecule has 7 heteroatoms. The van der Waals surface area contributed by atoms with Crippen LogP contribution in [0.15, 0.2) is 35.9 Å². The summed E-state index contributed by atoms with van der Waals surface area (Å²) in [5.41, 5.74) is 7.44. The number of ether oxygens (including phenoxy) is 2. The number of methoxy groups -OCH3 is 1. The summed E-state index contributed by atoms with van der Waals surface area (Å²) in [7, 11) is 1.55. The smallest absolute Gasteiger partial charge is 0.251 e. The van der Waals surface area contributed by atoms with E-state index in [1.807, 2.05) is 26.0 Å². The lowest BCUT2D eigenvalue weighted by Crippen LogP contribution is -2.57. The van der Waals surface area contributed by atoms with Gasteiger partial charge in [-0.05, 0) is 37.5 Å². The van der Waals surface area contributed by atoms with Crippen LogP contribution in [0.4, 0.5) is 5.69 Å². The summed E-state index contributed by atoms with van der Waals surface area (Å²) >= 11 is 0. The van der Waals surface area contributed by atoms with E-state index in [0.29, 0.717) is 23.4 Å². The van der Waals surface area contributed by atoms with Crippen molar-refractivity contribution in [2.45, 2.75) is 64.3 Å². The Bertz CT molecular complexity index is 715. The average Bonchev–Trinajstić information content (AvgIpc) is 2.68. The van der Waals surface area contributed by atoms with Crippen molar-refractivity contribution in [3.8, 4) is 5.75 Å². The Morgan fingerprint density at radius 2 is 1.93 bits per heavy atom. The molecule has 4 N–H and O–H groups in total. The highest BCUT2D eigenvalue weighted by molar-refractivity contribution is 6.04. The molecule has 3 atom stereocenters. The van der Waals surface area contributed by atoms with Gasteiger partial charge in [0.15, 0.2) is 0 Å². The van der Waals surface area contributed by atoms with Crippen molar-refractivity contribution in [1.82, 2.24) is 5.32 Å². The number of rotatable bonds is 8. The Labute approximate surface area is 166 Å². The zero-order valence-corrected chi connectivity index (χ0v) is 17.0. The molecule has 2 rings (SSSR count). The van der Waals surface area contributed by atoms with Gasteiger partial charge in [0.05, 0.1) is 31.0 Å². The highest BCUT2D eigenvalue weighted by Crippen LogP contribution is 2.27. The first-order valence-electron chi connectivity index (χ1n) is 9.72. The molecule has 7 nitrogen and oxygen atoms in total. The minimum absolute atomic E-state index is 0.0290. The topological polar surface area (TPSA) is 103 Å². The minimum Gasteiger partial charge on any atom is -0.495 e. The highest BCUT2D eigenvalue weighted by Gasteiger charge is 2.35. The van der Waals surface area contributed by atoms with Crippen LogP contribution in [0.5, 0.6) is 5.75 Å². The molecule has 0 fully saturated rings. The fourth-order valence-corrected chi connectivity index (χ4v) is 3.36. The van der Waals surface area contributed by atoms with E-state index in [0.717, 1.165) is 12.8 Å². The molecular weight excluding hydrogens is 358 g/mol. The lowest BCUT2D eigenvalue weighted by Gasteiger charge is -2.36. The molecule has 0 saturated carbocycles. The fraction of sp³-hybridized carbons (Fsp3) is 0.524. The summed E-state index contributed by atoms with van der Waals surface area (Å²) in [4.78, 5) is 24.5. The number of benzene rings is 1. The molecule has 0 spiro atoms. The number of carbonyl (C=O) groups is 2. The zero-order valence-electron chi connectivity index (χ0n) is 17.0. The van der Waals surface area contributed by atoms with Gasteiger partial charge in [-0.2, -0.15) is 0 Å². The molecule has 0 radical (unpaired) electrons. The number of carbonyl (C=O) groups excluding carboxylic acids is 2. The van der Waals surface area contributed by atoms with Crippen LogP contribution in [0.1, 0.15) is 40.0 Å². The Morgan fingerprint density at radius 1 is 1.25 bits per heavy atom. The van der Waals surface area contributed by atoms with E-state index in [2.05, 4.69) is 10.6 Å². The lowest BCUT2D eigenvalue weighted by atomic mass is 9.87. The molecule has 0 aliphatic heterocycles. The third-order valence-electron chi connectivity index (χ3n) is 4.91. The summed E-state index contributed by atoms with van der Waals surface area (Å²) in [6, 6.07) is 6.42. The third kappa shape index (κ3) is 5.56. The van der Waals surface area contributed by atoms with Gasteiger partial charge in [0.1, 0.15) is 5.75 Å². The molecule has 0 saturated heterocycles. The van der Waals surface area contributed by atoms with E-state index in [1.54, 1.807) is 25.3 Å². The van der Waals surface area contributed by atoms with Crippen LogP contribution in [0.3, 0.4) is 0 Å². The Balaban J connectivity index is 2.25. The summed E-state index contributed by atoms with van der Waals surface area (Å²) in [6.45, 7) is 5.54. The van der Waals surface area contributed by atoms with Gasteiger partial charge < -0.3 is 25.8 Å². The van der Waals surface area contributed by atoms with Gasteiger partial charge in [-0.25, -0.2) is 0 Å². The molecular formula is C21H31N3O4. The van der Waals surface area contributed by atoms with Gasteiger partial charge in [-0.3, -0.25) is 9.59 Å². The first-order valence-corrected chi connectivity index (χ1v) is 9.72. The maximum atomic E-state index is 12.8. The highest BCUT2D eigenvalue weighted by atomic mass is 16.5. The molecule has 1 aromatic rings. The number of nitrogens with two attached hydrogens (primary N) is 1. The van der Waals surface area contributed by atoms with Gasteiger partial charge in [-0.15, -0.1) is 0 Å². The van der Waals surface area contributed by atoms with Crippen molar-refractivity contribution in [3.05, 3.63) is 35.9 Å². The molecule has 1 aliphatic carbocycles. The molecule has 28 heavy (non-hydrogen) atoms. The first kappa shape index (κ1) is 21.9. The second-order valence-corrected chi connectivity index (χ2v) is 6.98. The van der Waals surface area contributed by atoms with Crippen molar-refractivity contribution in [2.75, 3.05) is 12.4 Å². The summed E-state index contributed by atoms with van der Waals surface area (Å²) in [5, 5.41) is 5.76.